The molecule has 2 heterocycles. The lowest BCUT2D eigenvalue weighted by molar-refractivity contribution is -0.118. The molecule has 0 bridgehead atoms. The molecule has 0 spiro atoms. The van der Waals surface area contributed by atoms with Crippen LogP contribution >= 0.6 is 0 Å². The number of anilines is 1. The zero-order valence-electron chi connectivity index (χ0n) is 19.0. The van der Waals surface area contributed by atoms with Crippen molar-refractivity contribution in [1.82, 2.24) is 10.3 Å². The Balaban J connectivity index is 1.32. The molecule has 35 heavy (non-hydrogen) atoms. The van der Waals surface area contributed by atoms with Gasteiger partial charge in [-0.25, -0.2) is 4.79 Å². The van der Waals surface area contributed by atoms with Gasteiger partial charge < -0.3 is 29.8 Å². The van der Waals surface area contributed by atoms with Gasteiger partial charge in [-0.15, -0.1) is 0 Å². The molecule has 0 saturated carbocycles. The number of hydrogen-bond donors (Lipinski definition) is 3. The third kappa shape index (κ3) is 5.38. The summed E-state index contributed by atoms with van der Waals surface area (Å²) in [6, 6.07) is 21.5. The Morgan fingerprint density at radius 2 is 1.71 bits per heavy atom. The van der Waals surface area contributed by atoms with Gasteiger partial charge in [-0.3, -0.25) is 4.79 Å². The van der Waals surface area contributed by atoms with E-state index in [0.29, 0.717) is 30.4 Å². The molecule has 178 valence electrons. The number of carbonyl (C=O) groups excluding carboxylic acids is 2. The highest BCUT2D eigenvalue weighted by Gasteiger charge is 2.24. The number of nitrogens with one attached hydrogen (secondary N) is 3. The van der Waals surface area contributed by atoms with Gasteiger partial charge in [0.25, 0.3) is 0 Å². The zero-order chi connectivity index (χ0) is 24.0. The lowest BCUT2D eigenvalue weighted by Gasteiger charge is -2.21. The lowest BCUT2D eigenvalue weighted by Crippen LogP contribution is -2.45. The molecule has 1 aliphatic rings. The molecule has 0 radical (unpaired) electrons. The van der Waals surface area contributed by atoms with Gasteiger partial charge in [-0.1, -0.05) is 48.5 Å². The van der Waals surface area contributed by atoms with E-state index < -0.39 is 12.1 Å². The molecular formula is C27H25N3O5. The standard InChI is InChI=1S/C27H25N3O5/c31-26(29-20-10-11-24-25(15-20)34-13-12-33-24)23(14-19-16-28-22-9-5-4-8-21(19)22)30-27(32)35-17-18-6-2-1-3-7-18/h1-11,15-16,23,28H,12-14,17H2,(H,29,31)(H,30,32). The summed E-state index contributed by atoms with van der Waals surface area (Å²) >= 11 is 0. The summed E-state index contributed by atoms with van der Waals surface area (Å²) in [4.78, 5) is 29.1. The Bertz CT molecular complexity index is 1340. The maximum absolute atomic E-state index is 13.3. The van der Waals surface area contributed by atoms with Crippen LogP contribution in [-0.2, 0) is 22.6 Å². The Morgan fingerprint density at radius 3 is 2.57 bits per heavy atom. The molecule has 4 aromatic rings. The summed E-state index contributed by atoms with van der Waals surface area (Å²) in [5.74, 6) is 0.827. The van der Waals surface area contributed by atoms with Crippen molar-refractivity contribution in [1.29, 1.82) is 0 Å². The average molecular weight is 472 g/mol. The number of aromatic nitrogens is 1. The van der Waals surface area contributed by atoms with Crippen molar-refractivity contribution >= 4 is 28.6 Å². The Hall–Kier alpha value is -4.46. The summed E-state index contributed by atoms with van der Waals surface area (Å²) < 4.78 is 16.5. The fourth-order valence-electron chi connectivity index (χ4n) is 3.99. The number of alkyl carbamates (subject to hydrolysis) is 1. The molecule has 0 fully saturated rings. The van der Waals surface area contributed by atoms with E-state index in [0.717, 1.165) is 22.0 Å². The first-order chi connectivity index (χ1) is 17.2. The molecule has 1 aromatic heterocycles. The Morgan fingerprint density at radius 1 is 0.943 bits per heavy atom. The average Bonchev–Trinajstić information content (AvgIpc) is 3.30. The number of fused-ring (bicyclic) bond motifs is 2. The quantitative estimate of drug-likeness (QED) is 0.371. The van der Waals surface area contributed by atoms with Crippen LogP contribution in [0, 0.1) is 0 Å². The number of benzene rings is 3. The van der Waals surface area contributed by atoms with E-state index in [1.807, 2.05) is 60.8 Å². The molecule has 0 aliphatic carbocycles. The molecule has 1 unspecified atom stereocenters. The number of hydrogen-bond acceptors (Lipinski definition) is 5. The molecule has 2 amide bonds. The van der Waals surface area contributed by atoms with Gasteiger partial charge in [0.15, 0.2) is 11.5 Å². The Kier molecular flexibility index (Phi) is 6.52. The van der Waals surface area contributed by atoms with E-state index in [1.54, 1.807) is 18.2 Å². The molecule has 3 aromatic carbocycles. The first-order valence-corrected chi connectivity index (χ1v) is 11.4. The number of para-hydroxylation sites is 1. The second kappa shape index (κ2) is 10.2. The summed E-state index contributed by atoms with van der Waals surface area (Å²) in [6.07, 6.45) is 1.46. The van der Waals surface area contributed by atoms with E-state index in [1.165, 1.54) is 0 Å². The van der Waals surface area contributed by atoms with Crippen molar-refractivity contribution in [2.24, 2.45) is 0 Å². The lowest BCUT2D eigenvalue weighted by atomic mass is 10.0. The van der Waals surface area contributed by atoms with Gasteiger partial charge >= 0.3 is 6.09 Å². The van der Waals surface area contributed by atoms with E-state index >= 15 is 0 Å². The van der Waals surface area contributed by atoms with Crippen molar-refractivity contribution in [3.63, 3.8) is 0 Å². The summed E-state index contributed by atoms with van der Waals surface area (Å²) in [5, 5.41) is 6.60. The summed E-state index contributed by atoms with van der Waals surface area (Å²) in [7, 11) is 0. The van der Waals surface area contributed by atoms with Crippen molar-refractivity contribution in [3.05, 3.63) is 90.1 Å². The van der Waals surface area contributed by atoms with Gasteiger partial charge in [0, 0.05) is 35.3 Å². The second-order valence-corrected chi connectivity index (χ2v) is 8.17. The fourth-order valence-corrected chi connectivity index (χ4v) is 3.99. The van der Waals surface area contributed by atoms with Gasteiger partial charge in [-0.05, 0) is 29.3 Å². The van der Waals surface area contributed by atoms with Crippen molar-refractivity contribution in [3.8, 4) is 11.5 Å². The zero-order valence-corrected chi connectivity index (χ0v) is 19.0. The largest absolute Gasteiger partial charge is 0.486 e. The van der Waals surface area contributed by atoms with E-state index in [2.05, 4.69) is 15.6 Å². The third-order valence-corrected chi connectivity index (χ3v) is 5.73. The molecule has 1 aliphatic heterocycles. The monoisotopic (exact) mass is 471 g/mol. The van der Waals surface area contributed by atoms with Crippen LogP contribution in [0.4, 0.5) is 10.5 Å². The number of ether oxygens (including phenoxy) is 3. The Labute approximate surface area is 202 Å². The number of H-pyrrole nitrogens is 1. The summed E-state index contributed by atoms with van der Waals surface area (Å²) in [5.41, 5.74) is 3.27. The normalized spacial score (nSPS) is 13.1. The predicted molar refractivity (Wildman–Crippen MR) is 132 cm³/mol. The molecule has 8 nitrogen and oxygen atoms in total. The number of rotatable bonds is 7. The maximum Gasteiger partial charge on any atom is 0.408 e. The van der Waals surface area contributed by atoms with Crippen molar-refractivity contribution in [2.75, 3.05) is 18.5 Å². The highest BCUT2D eigenvalue weighted by Crippen LogP contribution is 2.32. The van der Waals surface area contributed by atoms with Crippen LogP contribution in [0.3, 0.4) is 0 Å². The van der Waals surface area contributed by atoms with Crippen molar-refractivity contribution < 1.29 is 23.8 Å². The van der Waals surface area contributed by atoms with E-state index in [-0.39, 0.29) is 18.9 Å². The van der Waals surface area contributed by atoms with Crippen LogP contribution in [-0.4, -0.2) is 36.2 Å². The minimum Gasteiger partial charge on any atom is -0.486 e. The molecule has 5 rings (SSSR count). The smallest absolute Gasteiger partial charge is 0.408 e. The molecular weight excluding hydrogens is 446 g/mol. The SMILES string of the molecule is O=C(NC(Cc1c[nH]c2ccccc12)C(=O)Nc1ccc2c(c1)OCCO2)OCc1ccccc1. The number of carbonyl (C=O) groups is 2. The van der Waals surface area contributed by atoms with Crippen LogP contribution in [0.25, 0.3) is 10.9 Å². The molecule has 0 saturated heterocycles. The van der Waals surface area contributed by atoms with E-state index in [9.17, 15) is 9.59 Å². The topological polar surface area (TPSA) is 102 Å². The second-order valence-electron chi connectivity index (χ2n) is 8.17. The van der Waals surface area contributed by atoms with Gasteiger partial charge in [-0.2, -0.15) is 0 Å². The van der Waals surface area contributed by atoms with E-state index in [4.69, 9.17) is 14.2 Å². The predicted octanol–water partition coefficient (Wildman–Crippen LogP) is 4.42. The third-order valence-electron chi connectivity index (χ3n) is 5.73. The highest BCUT2D eigenvalue weighted by atomic mass is 16.6. The summed E-state index contributed by atoms with van der Waals surface area (Å²) in [6.45, 7) is 1.04. The van der Waals surface area contributed by atoms with Crippen LogP contribution in [0.5, 0.6) is 11.5 Å². The fraction of sp³-hybridized carbons (Fsp3) is 0.185. The van der Waals surface area contributed by atoms with Gasteiger partial charge in [0.05, 0.1) is 0 Å². The number of amides is 2. The maximum atomic E-state index is 13.3. The van der Waals surface area contributed by atoms with Gasteiger partial charge in [0.2, 0.25) is 5.91 Å². The molecule has 8 heteroatoms. The van der Waals surface area contributed by atoms with Crippen LogP contribution in [0.1, 0.15) is 11.1 Å². The highest BCUT2D eigenvalue weighted by molar-refractivity contribution is 5.97. The van der Waals surface area contributed by atoms with Gasteiger partial charge in [0.1, 0.15) is 25.9 Å². The molecule has 1 atom stereocenters. The van der Waals surface area contributed by atoms with Crippen molar-refractivity contribution in [2.45, 2.75) is 19.1 Å². The van der Waals surface area contributed by atoms with Crippen LogP contribution in [0.15, 0.2) is 79.0 Å². The minimum absolute atomic E-state index is 0.107. The van der Waals surface area contributed by atoms with Crippen LogP contribution in [0.2, 0.25) is 0 Å². The number of aromatic amines is 1. The minimum atomic E-state index is -0.870. The first kappa shape index (κ1) is 22.3. The first-order valence-electron chi connectivity index (χ1n) is 11.4. The van der Waals surface area contributed by atoms with Crippen LogP contribution < -0.4 is 20.1 Å². The molecule has 3 N–H and O–H groups in total.